The lowest BCUT2D eigenvalue weighted by molar-refractivity contribution is 0.182. The predicted molar refractivity (Wildman–Crippen MR) is 69.5 cm³/mol. The summed E-state index contributed by atoms with van der Waals surface area (Å²) in [7, 11) is 1.96. The van der Waals surface area contributed by atoms with Crippen LogP contribution in [0.5, 0.6) is 0 Å². The molecule has 0 spiro atoms. The first-order chi connectivity index (χ1) is 9.22. The van der Waals surface area contributed by atoms with Crippen molar-refractivity contribution in [2.24, 2.45) is 0 Å². The van der Waals surface area contributed by atoms with E-state index in [-0.39, 0.29) is 12.1 Å². The normalized spacial score (nSPS) is 23.9. The van der Waals surface area contributed by atoms with Gasteiger partial charge in [-0.05, 0) is 19.0 Å². The van der Waals surface area contributed by atoms with Gasteiger partial charge in [0.2, 0.25) is 5.89 Å². The number of β-amino-alcohol motifs (C(OH)–C–C–N with tert-alkyl or cyclic N) is 1. The van der Waals surface area contributed by atoms with Crippen molar-refractivity contribution in [2.75, 3.05) is 13.6 Å². The number of hydrogen-bond acceptors (Lipinski definition) is 5. The van der Waals surface area contributed by atoms with Crippen LogP contribution in [0, 0.1) is 0 Å². The van der Waals surface area contributed by atoms with Gasteiger partial charge in [0.05, 0.1) is 12.1 Å². The fourth-order valence-electron chi connectivity index (χ4n) is 2.51. The minimum absolute atomic E-state index is 0.0343. The summed E-state index contributed by atoms with van der Waals surface area (Å²) in [5.41, 5.74) is 1.16. The number of nitrogens with zero attached hydrogens (tertiary/aromatic N) is 3. The summed E-state index contributed by atoms with van der Waals surface area (Å²) in [6, 6.07) is 10.1. The monoisotopic (exact) mass is 259 g/mol. The number of rotatable bonds is 3. The highest BCUT2D eigenvalue weighted by atomic mass is 16.5. The molecule has 1 aliphatic heterocycles. The van der Waals surface area contributed by atoms with E-state index < -0.39 is 0 Å². The van der Waals surface area contributed by atoms with E-state index in [1.54, 1.807) is 0 Å². The Balaban J connectivity index is 1.73. The molecule has 5 nitrogen and oxygen atoms in total. The van der Waals surface area contributed by atoms with Crippen LogP contribution in [-0.2, 0) is 6.42 Å². The Kier molecular flexibility index (Phi) is 3.31. The maximum Gasteiger partial charge on any atom is 0.244 e. The molecule has 3 rings (SSSR count). The molecule has 2 heterocycles. The molecule has 2 atom stereocenters. The van der Waals surface area contributed by atoms with Crippen LogP contribution >= 0.6 is 0 Å². The van der Waals surface area contributed by atoms with Crippen molar-refractivity contribution in [2.45, 2.75) is 25.0 Å². The lowest BCUT2D eigenvalue weighted by Gasteiger charge is -2.13. The van der Waals surface area contributed by atoms with Gasteiger partial charge in [-0.1, -0.05) is 35.5 Å². The predicted octanol–water partition coefficient (Wildman–Crippen LogP) is 1.40. The third-order valence-corrected chi connectivity index (χ3v) is 3.50. The highest BCUT2D eigenvalue weighted by Crippen LogP contribution is 2.29. The van der Waals surface area contributed by atoms with Gasteiger partial charge in [0, 0.05) is 13.0 Å². The molecule has 0 saturated carbocycles. The molecule has 2 aromatic rings. The maximum atomic E-state index is 9.64. The van der Waals surface area contributed by atoms with Gasteiger partial charge in [0.25, 0.3) is 0 Å². The quantitative estimate of drug-likeness (QED) is 0.902. The molecule has 1 aromatic heterocycles. The molecule has 0 bridgehead atoms. The zero-order valence-electron chi connectivity index (χ0n) is 10.9. The average molecular weight is 259 g/mol. The van der Waals surface area contributed by atoms with Crippen LogP contribution in [0.3, 0.4) is 0 Å². The number of hydrogen-bond donors (Lipinski definition) is 1. The first-order valence-electron chi connectivity index (χ1n) is 6.47. The van der Waals surface area contributed by atoms with Crippen molar-refractivity contribution in [1.29, 1.82) is 0 Å². The Bertz CT molecular complexity index is 541. The SMILES string of the molecule is CN1C[C@H](O)C[C@H]1c1nc(Cc2ccccc2)no1. The van der Waals surface area contributed by atoms with Crippen LogP contribution in [0.2, 0.25) is 0 Å². The Morgan fingerprint density at radius 3 is 2.84 bits per heavy atom. The number of likely N-dealkylation sites (N-methyl/N-ethyl adjacent to an activating group) is 1. The van der Waals surface area contributed by atoms with Crippen molar-refractivity contribution in [1.82, 2.24) is 15.0 Å². The van der Waals surface area contributed by atoms with Crippen LogP contribution in [0.25, 0.3) is 0 Å². The van der Waals surface area contributed by atoms with Crippen molar-refractivity contribution in [3.05, 3.63) is 47.6 Å². The minimum Gasteiger partial charge on any atom is -0.392 e. The highest BCUT2D eigenvalue weighted by molar-refractivity contribution is 5.18. The van der Waals surface area contributed by atoms with Gasteiger partial charge in [0.15, 0.2) is 5.82 Å². The summed E-state index contributed by atoms with van der Waals surface area (Å²) in [6.45, 7) is 0.654. The van der Waals surface area contributed by atoms with Crippen LogP contribution in [0.4, 0.5) is 0 Å². The molecule has 5 heteroatoms. The second-order valence-corrected chi connectivity index (χ2v) is 5.06. The van der Waals surface area contributed by atoms with Gasteiger partial charge in [-0.3, -0.25) is 4.90 Å². The molecule has 0 radical (unpaired) electrons. The van der Waals surface area contributed by atoms with E-state index in [0.29, 0.717) is 31.1 Å². The summed E-state index contributed by atoms with van der Waals surface area (Å²) >= 11 is 0. The van der Waals surface area contributed by atoms with Crippen molar-refractivity contribution in [3.63, 3.8) is 0 Å². The molecule has 0 aliphatic carbocycles. The number of aliphatic hydroxyl groups is 1. The molecular formula is C14H17N3O2. The van der Waals surface area contributed by atoms with Gasteiger partial charge in [0.1, 0.15) is 0 Å². The smallest absolute Gasteiger partial charge is 0.244 e. The molecule has 1 saturated heterocycles. The van der Waals surface area contributed by atoms with E-state index in [1.807, 2.05) is 42.3 Å². The van der Waals surface area contributed by atoms with E-state index in [1.165, 1.54) is 0 Å². The first-order valence-corrected chi connectivity index (χ1v) is 6.47. The van der Waals surface area contributed by atoms with Crippen LogP contribution < -0.4 is 0 Å². The minimum atomic E-state index is -0.306. The molecule has 1 fully saturated rings. The zero-order chi connectivity index (χ0) is 13.2. The second-order valence-electron chi connectivity index (χ2n) is 5.06. The molecule has 1 aromatic carbocycles. The van der Waals surface area contributed by atoms with Gasteiger partial charge in [-0.2, -0.15) is 4.98 Å². The van der Waals surface area contributed by atoms with Crippen LogP contribution in [-0.4, -0.2) is 39.8 Å². The van der Waals surface area contributed by atoms with E-state index in [4.69, 9.17) is 4.52 Å². The Labute approximate surface area is 111 Å². The fourth-order valence-corrected chi connectivity index (χ4v) is 2.51. The Hall–Kier alpha value is -1.72. The van der Waals surface area contributed by atoms with Crippen molar-refractivity contribution in [3.8, 4) is 0 Å². The largest absolute Gasteiger partial charge is 0.392 e. The fraction of sp³-hybridized carbons (Fsp3) is 0.429. The molecule has 0 amide bonds. The summed E-state index contributed by atoms with van der Waals surface area (Å²) in [4.78, 5) is 6.49. The topological polar surface area (TPSA) is 62.4 Å². The Morgan fingerprint density at radius 2 is 2.16 bits per heavy atom. The van der Waals surface area contributed by atoms with Gasteiger partial charge in [-0.25, -0.2) is 0 Å². The third kappa shape index (κ3) is 2.67. The lowest BCUT2D eigenvalue weighted by atomic mass is 10.1. The maximum absolute atomic E-state index is 9.64. The molecule has 1 aliphatic rings. The summed E-state index contributed by atoms with van der Waals surface area (Å²) in [5.74, 6) is 1.29. The number of aliphatic hydroxyl groups excluding tert-OH is 1. The third-order valence-electron chi connectivity index (χ3n) is 3.50. The number of aromatic nitrogens is 2. The summed E-state index contributed by atoms with van der Waals surface area (Å²) in [6.07, 6.45) is 1.02. The van der Waals surface area contributed by atoms with Crippen molar-refractivity contribution >= 4 is 0 Å². The van der Waals surface area contributed by atoms with E-state index >= 15 is 0 Å². The molecule has 1 N–H and O–H groups in total. The van der Waals surface area contributed by atoms with Gasteiger partial charge in [-0.15, -0.1) is 0 Å². The molecule has 19 heavy (non-hydrogen) atoms. The number of benzene rings is 1. The summed E-state index contributed by atoms with van der Waals surface area (Å²) < 4.78 is 5.33. The van der Waals surface area contributed by atoms with Crippen LogP contribution in [0.15, 0.2) is 34.9 Å². The van der Waals surface area contributed by atoms with E-state index in [0.717, 1.165) is 5.56 Å². The number of likely N-dealkylation sites (tertiary alicyclic amines) is 1. The lowest BCUT2D eigenvalue weighted by Crippen LogP contribution is -2.19. The first kappa shape index (κ1) is 12.3. The van der Waals surface area contributed by atoms with E-state index in [2.05, 4.69) is 10.1 Å². The standard InChI is InChI=1S/C14H17N3O2/c1-17-9-11(18)8-12(17)14-15-13(16-19-14)7-10-5-3-2-4-6-10/h2-6,11-12,18H,7-9H2,1H3/t11-,12+/m1/s1. The van der Waals surface area contributed by atoms with Crippen LogP contribution in [0.1, 0.15) is 29.7 Å². The molecule has 0 unspecified atom stereocenters. The zero-order valence-corrected chi connectivity index (χ0v) is 10.9. The van der Waals surface area contributed by atoms with Gasteiger partial charge < -0.3 is 9.63 Å². The average Bonchev–Trinajstić information content (AvgIpc) is 2.97. The molecule has 100 valence electrons. The highest BCUT2D eigenvalue weighted by Gasteiger charge is 2.33. The Morgan fingerprint density at radius 1 is 1.37 bits per heavy atom. The summed E-state index contributed by atoms with van der Waals surface area (Å²) in [5, 5.41) is 13.7. The second kappa shape index (κ2) is 5.11. The molecular weight excluding hydrogens is 242 g/mol. The van der Waals surface area contributed by atoms with Gasteiger partial charge >= 0.3 is 0 Å². The van der Waals surface area contributed by atoms with Crippen molar-refractivity contribution < 1.29 is 9.63 Å². The van der Waals surface area contributed by atoms with E-state index in [9.17, 15) is 5.11 Å².